The van der Waals surface area contributed by atoms with Crippen molar-refractivity contribution in [2.45, 2.75) is 18.9 Å². The Bertz CT molecular complexity index is 991. The molecule has 0 N–H and O–H groups in total. The first-order valence-corrected chi connectivity index (χ1v) is 8.16. The lowest BCUT2D eigenvalue weighted by Crippen LogP contribution is -2.47. The molecule has 3 aromatic heterocycles. The molecule has 2 bridgehead atoms. The first-order valence-electron chi connectivity index (χ1n) is 8.16. The van der Waals surface area contributed by atoms with E-state index in [2.05, 4.69) is 31.2 Å². The molecule has 0 amide bonds. The molecule has 0 saturated carbocycles. The van der Waals surface area contributed by atoms with E-state index in [-0.39, 0.29) is 5.56 Å². The van der Waals surface area contributed by atoms with Crippen LogP contribution in [0.25, 0.3) is 11.2 Å². The van der Waals surface area contributed by atoms with Crippen molar-refractivity contribution in [3.8, 4) is 0 Å². The van der Waals surface area contributed by atoms with Gasteiger partial charge >= 0.3 is 0 Å². The molecular formula is C16H17N7O. The second-order valence-corrected chi connectivity index (χ2v) is 6.69. The van der Waals surface area contributed by atoms with Crippen LogP contribution in [0.15, 0.2) is 29.3 Å². The molecule has 24 heavy (non-hydrogen) atoms. The lowest BCUT2D eigenvalue weighted by atomic mass is 9.83. The predicted molar refractivity (Wildman–Crippen MR) is 87.9 cm³/mol. The first kappa shape index (κ1) is 13.6. The molecule has 2 aliphatic heterocycles. The van der Waals surface area contributed by atoms with Gasteiger partial charge in [-0.25, -0.2) is 14.6 Å². The highest BCUT2D eigenvalue weighted by atomic mass is 16.1. The van der Waals surface area contributed by atoms with Crippen molar-refractivity contribution < 1.29 is 0 Å². The molecule has 2 aliphatic rings. The van der Waals surface area contributed by atoms with Crippen LogP contribution in [0.5, 0.6) is 0 Å². The van der Waals surface area contributed by atoms with Crippen molar-refractivity contribution in [2.75, 3.05) is 18.0 Å². The van der Waals surface area contributed by atoms with E-state index in [0.29, 0.717) is 11.8 Å². The summed E-state index contributed by atoms with van der Waals surface area (Å²) in [5.41, 5.74) is 2.72. The molecule has 0 radical (unpaired) electrons. The van der Waals surface area contributed by atoms with Crippen LogP contribution >= 0.6 is 0 Å². The van der Waals surface area contributed by atoms with Gasteiger partial charge in [0, 0.05) is 44.4 Å². The Labute approximate surface area is 137 Å². The van der Waals surface area contributed by atoms with Gasteiger partial charge in [-0.3, -0.25) is 4.79 Å². The van der Waals surface area contributed by atoms with Gasteiger partial charge in [0.15, 0.2) is 17.0 Å². The molecule has 5 heterocycles. The zero-order valence-electron chi connectivity index (χ0n) is 13.3. The average molecular weight is 323 g/mol. The van der Waals surface area contributed by atoms with Gasteiger partial charge < -0.3 is 9.47 Å². The van der Waals surface area contributed by atoms with Gasteiger partial charge in [-0.15, -0.1) is 5.10 Å². The van der Waals surface area contributed by atoms with E-state index in [1.807, 2.05) is 17.7 Å². The Morgan fingerprint density at radius 3 is 3.00 bits per heavy atom. The molecule has 5 rings (SSSR count). The van der Waals surface area contributed by atoms with Gasteiger partial charge in [-0.2, -0.15) is 0 Å². The molecule has 3 aromatic rings. The summed E-state index contributed by atoms with van der Waals surface area (Å²) in [4.78, 5) is 23.2. The van der Waals surface area contributed by atoms with E-state index in [0.717, 1.165) is 48.7 Å². The lowest BCUT2D eigenvalue weighted by molar-refractivity contribution is 0.281. The second kappa shape index (κ2) is 4.86. The highest BCUT2D eigenvalue weighted by Gasteiger charge is 2.35. The molecule has 1 fully saturated rings. The van der Waals surface area contributed by atoms with Crippen molar-refractivity contribution in [1.82, 2.24) is 29.5 Å². The second-order valence-electron chi connectivity index (χ2n) is 6.69. The summed E-state index contributed by atoms with van der Waals surface area (Å²) in [5, 5.41) is 8.30. The zero-order chi connectivity index (χ0) is 16.3. The third-order valence-corrected chi connectivity index (χ3v) is 5.15. The largest absolute Gasteiger partial charge is 0.354 e. The molecule has 2 atom stereocenters. The molecule has 1 saturated heterocycles. The number of nitrogens with zero attached hydrogens (tertiary/aromatic N) is 7. The maximum Gasteiger partial charge on any atom is 0.250 e. The van der Waals surface area contributed by atoms with E-state index in [9.17, 15) is 4.79 Å². The fourth-order valence-electron chi connectivity index (χ4n) is 4.14. The number of aryl methyl sites for hydroxylation is 1. The zero-order valence-corrected chi connectivity index (χ0v) is 13.3. The number of piperidine rings is 1. The van der Waals surface area contributed by atoms with Gasteiger partial charge in [0.05, 0.1) is 0 Å². The van der Waals surface area contributed by atoms with E-state index >= 15 is 0 Å². The lowest BCUT2D eigenvalue weighted by Gasteiger charge is -2.43. The van der Waals surface area contributed by atoms with E-state index < -0.39 is 0 Å². The van der Waals surface area contributed by atoms with E-state index in [1.165, 1.54) is 0 Å². The quantitative estimate of drug-likeness (QED) is 0.650. The minimum atomic E-state index is 0.106. The minimum Gasteiger partial charge on any atom is -0.354 e. The minimum absolute atomic E-state index is 0.106. The SMILES string of the molecule is Cn1nnc2c(N3C[C@@H]4C[C@@H](C3)c3cccc(=O)n3C4)ncnc21. The number of pyridine rings is 1. The summed E-state index contributed by atoms with van der Waals surface area (Å²) in [7, 11) is 1.83. The van der Waals surface area contributed by atoms with Gasteiger partial charge in [0.2, 0.25) is 0 Å². The maximum absolute atomic E-state index is 12.1. The Kier molecular flexibility index (Phi) is 2.76. The van der Waals surface area contributed by atoms with Gasteiger partial charge in [-0.1, -0.05) is 11.3 Å². The van der Waals surface area contributed by atoms with Gasteiger partial charge in [0.1, 0.15) is 6.33 Å². The Morgan fingerprint density at radius 1 is 1.17 bits per heavy atom. The van der Waals surface area contributed by atoms with Crippen molar-refractivity contribution in [3.63, 3.8) is 0 Å². The van der Waals surface area contributed by atoms with Crippen LogP contribution in [0.3, 0.4) is 0 Å². The fourth-order valence-corrected chi connectivity index (χ4v) is 4.14. The number of anilines is 1. The Morgan fingerprint density at radius 2 is 2.08 bits per heavy atom. The topological polar surface area (TPSA) is 81.7 Å². The van der Waals surface area contributed by atoms with Crippen LogP contribution in [0.4, 0.5) is 5.82 Å². The molecule has 8 heteroatoms. The highest BCUT2D eigenvalue weighted by Crippen LogP contribution is 2.37. The third-order valence-electron chi connectivity index (χ3n) is 5.15. The van der Waals surface area contributed by atoms with Crippen LogP contribution in [0.2, 0.25) is 0 Å². The number of aromatic nitrogens is 6. The summed E-state index contributed by atoms with van der Waals surface area (Å²) in [6.45, 7) is 2.49. The molecule has 0 aliphatic carbocycles. The summed E-state index contributed by atoms with van der Waals surface area (Å²) < 4.78 is 3.61. The summed E-state index contributed by atoms with van der Waals surface area (Å²) in [6, 6.07) is 5.58. The molecule has 0 aromatic carbocycles. The molecule has 0 spiro atoms. The molecular weight excluding hydrogens is 306 g/mol. The van der Waals surface area contributed by atoms with Crippen LogP contribution in [-0.4, -0.2) is 42.6 Å². The van der Waals surface area contributed by atoms with Crippen LogP contribution in [-0.2, 0) is 13.6 Å². The molecule has 122 valence electrons. The summed E-state index contributed by atoms with van der Waals surface area (Å²) in [6.07, 6.45) is 2.69. The van der Waals surface area contributed by atoms with Gasteiger partial charge in [0.25, 0.3) is 5.56 Å². The smallest absolute Gasteiger partial charge is 0.250 e. The standard InChI is InChI=1S/C16H17N7O/c1-21-15-14(19-20-21)16(18-9-17-15)22-6-10-5-11(8-22)12-3-2-4-13(24)23(12)7-10/h2-4,9-11H,5-8H2,1H3/t10-,11-/m0/s1. The average Bonchev–Trinajstić information content (AvgIpc) is 2.97. The highest BCUT2D eigenvalue weighted by molar-refractivity contribution is 5.82. The number of hydrogen-bond acceptors (Lipinski definition) is 6. The van der Waals surface area contributed by atoms with Crippen LogP contribution in [0, 0.1) is 5.92 Å². The van der Waals surface area contributed by atoms with E-state index in [4.69, 9.17) is 0 Å². The van der Waals surface area contributed by atoms with Crippen molar-refractivity contribution >= 4 is 17.0 Å². The first-order chi connectivity index (χ1) is 11.7. The van der Waals surface area contributed by atoms with Crippen LogP contribution < -0.4 is 10.5 Å². The van der Waals surface area contributed by atoms with Gasteiger partial charge in [-0.05, 0) is 18.4 Å². The molecule has 0 unspecified atom stereocenters. The van der Waals surface area contributed by atoms with Crippen molar-refractivity contribution in [2.24, 2.45) is 13.0 Å². The van der Waals surface area contributed by atoms with E-state index in [1.54, 1.807) is 17.1 Å². The normalized spacial score (nSPS) is 22.6. The number of hydrogen-bond donors (Lipinski definition) is 0. The van der Waals surface area contributed by atoms with Crippen molar-refractivity contribution in [1.29, 1.82) is 0 Å². The number of fused-ring (bicyclic) bond motifs is 5. The number of rotatable bonds is 1. The summed E-state index contributed by atoms with van der Waals surface area (Å²) in [5.74, 6) is 1.63. The summed E-state index contributed by atoms with van der Waals surface area (Å²) >= 11 is 0. The predicted octanol–water partition coefficient (Wildman–Crippen LogP) is 0.544. The maximum atomic E-state index is 12.1. The molecule has 8 nitrogen and oxygen atoms in total. The Balaban J connectivity index is 1.57. The third kappa shape index (κ3) is 1.88. The van der Waals surface area contributed by atoms with Crippen LogP contribution in [0.1, 0.15) is 18.0 Å². The monoisotopic (exact) mass is 323 g/mol. The fraction of sp³-hybridized carbons (Fsp3) is 0.438. The van der Waals surface area contributed by atoms with Crippen molar-refractivity contribution in [3.05, 3.63) is 40.6 Å². The Hall–Kier alpha value is -2.77.